The van der Waals surface area contributed by atoms with Crippen LogP contribution in [0.2, 0.25) is 10.0 Å². The number of hydrogen-bond donors (Lipinski definition) is 0. The van der Waals surface area contributed by atoms with Gasteiger partial charge >= 0.3 is 6.18 Å². The Bertz CT molecular complexity index is 1240. The number of ether oxygens (including phenoxy) is 1. The van der Waals surface area contributed by atoms with Crippen LogP contribution in [0.25, 0.3) is 16.8 Å². The monoisotopic (exact) mass is 511 g/mol. The largest absolute Gasteiger partial charge is 0.482 e. The van der Waals surface area contributed by atoms with Crippen molar-refractivity contribution in [1.29, 1.82) is 0 Å². The summed E-state index contributed by atoms with van der Waals surface area (Å²) in [5.74, 6) is -0.970. The number of benzene rings is 3. The van der Waals surface area contributed by atoms with E-state index in [-0.39, 0.29) is 33.5 Å². The van der Waals surface area contributed by atoms with E-state index < -0.39 is 18.6 Å². The second-order valence-electron chi connectivity index (χ2n) is 7.44. The van der Waals surface area contributed by atoms with E-state index in [1.54, 1.807) is 18.2 Å². The van der Waals surface area contributed by atoms with Gasteiger partial charge in [0, 0.05) is 28.9 Å². The zero-order valence-electron chi connectivity index (χ0n) is 18.1. The summed E-state index contributed by atoms with van der Waals surface area (Å²) in [6.07, 6.45) is -4.59. The highest BCUT2D eigenvalue weighted by Crippen LogP contribution is 2.40. The lowest BCUT2D eigenvalue weighted by molar-refractivity contribution is -0.153. The molecule has 0 amide bonds. The van der Waals surface area contributed by atoms with Gasteiger partial charge in [-0.25, -0.2) is 4.39 Å². The standard InChI is InChI=1S/C25H19Cl2F4NO2/c1-14(24-20(27)5-4-6-21(24)28)32(3)22-10-8-17(12-23(22)34-13-25(29,30)31)18-11-16(15(2)33)7-9-19(18)26/h4-12H,1,13H2,2-3H3. The van der Waals surface area contributed by atoms with Gasteiger partial charge in [-0.15, -0.1) is 0 Å². The molecular formula is C25H19Cl2F4NO2. The zero-order chi connectivity index (χ0) is 25.2. The van der Waals surface area contributed by atoms with Crippen LogP contribution in [0, 0.1) is 5.82 Å². The quantitative estimate of drug-likeness (QED) is 0.237. The summed E-state index contributed by atoms with van der Waals surface area (Å²) in [6.45, 7) is 3.70. The predicted octanol–water partition coefficient (Wildman–Crippen LogP) is 8.05. The molecule has 3 aromatic rings. The molecule has 0 aromatic heterocycles. The number of nitrogens with zero attached hydrogens (tertiary/aromatic N) is 1. The topological polar surface area (TPSA) is 29.5 Å². The van der Waals surface area contributed by atoms with E-state index in [2.05, 4.69) is 6.58 Å². The predicted molar refractivity (Wildman–Crippen MR) is 127 cm³/mol. The molecule has 0 aliphatic carbocycles. The van der Waals surface area contributed by atoms with Gasteiger partial charge in [-0.05, 0) is 55.0 Å². The van der Waals surface area contributed by atoms with Crippen LogP contribution in [0.1, 0.15) is 22.8 Å². The summed E-state index contributed by atoms with van der Waals surface area (Å²) < 4.78 is 58.4. The lowest BCUT2D eigenvalue weighted by Crippen LogP contribution is -2.21. The van der Waals surface area contributed by atoms with Crippen LogP contribution < -0.4 is 9.64 Å². The van der Waals surface area contributed by atoms with Crippen molar-refractivity contribution in [3.8, 4) is 16.9 Å². The number of halogens is 6. The van der Waals surface area contributed by atoms with Gasteiger partial charge in [-0.2, -0.15) is 13.2 Å². The van der Waals surface area contributed by atoms with Gasteiger partial charge in [0.2, 0.25) is 0 Å². The van der Waals surface area contributed by atoms with Gasteiger partial charge in [-0.1, -0.05) is 41.9 Å². The van der Waals surface area contributed by atoms with E-state index in [0.717, 1.165) is 0 Å². The fraction of sp³-hybridized carbons (Fsp3) is 0.160. The van der Waals surface area contributed by atoms with E-state index in [4.69, 9.17) is 27.9 Å². The number of alkyl halides is 3. The number of rotatable bonds is 7. The average molecular weight is 512 g/mol. The minimum Gasteiger partial charge on any atom is -0.482 e. The Labute approximate surface area is 204 Å². The number of ketones is 1. The smallest absolute Gasteiger partial charge is 0.422 e. The van der Waals surface area contributed by atoms with Gasteiger partial charge in [0.15, 0.2) is 12.4 Å². The summed E-state index contributed by atoms with van der Waals surface area (Å²) in [6, 6.07) is 13.2. The molecule has 0 saturated heterocycles. The lowest BCUT2D eigenvalue weighted by atomic mass is 10.0. The molecule has 3 aromatic carbocycles. The Morgan fingerprint density at radius 1 is 1.06 bits per heavy atom. The molecule has 0 fully saturated rings. The molecule has 178 valence electrons. The zero-order valence-corrected chi connectivity index (χ0v) is 19.7. The molecule has 0 aliphatic heterocycles. The Morgan fingerprint density at radius 2 is 1.76 bits per heavy atom. The molecule has 0 radical (unpaired) electrons. The second kappa shape index (κ2) is 10.1. The van der Waals surface area contributed by atoms with Crippen LogP contribution in [-0.2, 0) is 0 Å². The fourth-order valence-corrected chi connectivity index (χ4v) is 3.78. The van der Waals surface area contributed by atoms with Gasteiger partial charge in [0.25, 0.3) is 0 Å². The van der Waals surface area contributed by atoms with Gasteiger partial charge in [0.1, 0.15) is 11.6 Å². The number of carbonyl (C=O) groups excluding carboxylic acids is 1. The summed E-state index contributed by atoms with van der Waals surface area (Å²) >= 11 is 12.4. The molecular weight excluding hydrogens is 493 g/mol. The molecule has 0 saturated carbocycles. The average Bonchev–Trinajstić information content (AvgIpc) is 2.76. The van der Waals surface area contributed by atoms with E-state index >= 15 is 0 Å². The van der Waals surface area contributed by atoms with Crippen LogP contribution in [-0.4, -0.2) is 25.6 Å². The normalized spacial score (nSPS) is 11.3. The molecule has 0 spiro atoms. The van der Waals surface area contributed by atoms with Crippen molar-refractivity contribution in [2.45, 2.75) is 13.1 Å². The third-order valence-electron chi connectivity index (χ3n) is 5.05. The molecule has 0 atom stereocenters. The van der Waals surface area contributed by atoms with Crippen molar-refractivity contribution in [1.82, 2.24) is 0 Å². The SMILES string of the molecule is C=C(c1c(F)cccc1Cl)N(C)c1ccc(-c2cc(C(C)=O)ccc2Cl)cc1OCC(F)(F)F. The van der Waals surface area contributed by atoms with Crippen LogP contribution in [0.4, 0.5) is 23.2 Å². The van der Waals surface area contributed by atoms with Crippen molar-refractivity contribution in [2.75, 3.05) is 18.6 Å². The van der Waals surface area contributed by atoms with Crippen LogP contribution in [0.3, 0.4) is 0 Å². The summed E-state index contributed by atoms with van der Waals surface area (Å²) in [5, 5.41) is 0.398. The van der Waals surface area contributed by atoms with Crippen LogP contribution >= 0.6 is 23.2 Å². The summed E-state index contributed by atoms with van der Waals surface area (Å²) in [7, 11) is 1.50. The maximum Gasteiger partial charge on any atom is 0.422 e. The highest BCUT2D eigenvalue weighted by atomic mass is 35.5. The van der Waals surface area contributed by atoms with Crippen LogP contribution in [0.5, 0.6) is 5.75 Å². The molecule has 3 nitrogen and oxygen atoms in total. The molecule has 34 heavy (non-hydrogen) atoms. The Morgan fingerprint density at radius 3 is 2.38 bits per heavy atom. The minimum atomic E-state index is -4.59. The summed E-state index contributed by atoms with van der Waals surface area (Å²) in [4.78, 5) is 13.2. The van der Waals surface area contributed by atoms with E-state index in [1.807, 2.05) is 0 Å². The molecule has 3 rings (SSSR count). The number of hydrogen-bond acceptors (Lipinski definition) is 3. The van der Waals surface area contributed by atoms with Gasteiger partial charge < -0.3 is 9.64 Å². The number of Topliss-reactive ketones (excluding diaryl/α,β-unsaturated/α-hetero) is 1. The van der Waals surface area contributed by atoms with Crippen molar-refractivity contribution in [3.05, 3.63) is 88.2 Å². The van der Waals surface area contributed by atoms with Gasteiger partial charge in [-0.3, -0.25) is 4.79 Å². The molecule has 0 unspecified atom stereocenters. The Hall–Kier alpha value is -3.03. The Kier molecular flexibility index (Phi) is 7.58. The lowest BCUT2D eigenvalue weighted by Gasteiger charge is -2.26. The van der Waals surface area contributed by atoms with Crippen molar-refractivity contribution < 1.29 is 27.1 Å². The molecule has 0 heterocycles. The highest BCUT2D eigenvalue weighted by molar-refractivity contribution is 6.33. The van der Waals surface area contributed by atoms with Gasteiger partial charge in [0.05, 0.1) is 16.3 Å². The summed E-state index contributed by atoms with van der Waals surface area (Å²) in [5.41, 5.74) is 1.57. The number of carbonyl (C=O) groups is 1. The Balaban J connectivity index is 2.10. The first-order chi connectivity index (χ1) is 15.9. The molecule has 0 N–H and O–H groups in total. The first kappa shape index (κ1) is 25.6. The fourth-order valence-electron chi connectivity index (χ4n) is 3.29. The molecule has 0 bridgehead atoms. The molecule has 0 aliphatic rings. The first-order valence-corrected chi connectivity index (χ1v) is 10.7. The second-order valence-corrected chi connectivity index (χ2v) is 8.25. The molecule has 9 heteroatoms. The van der Waals surface area contributed by atoms with Crippen molar-refractivity contribution in [2.24, 2.45) is 0 Å². The van der Waals surface area contributed by atoms with Crippen LogP contribution in [0.15, 0.2) is 61.2 Å². The van der Waals surface area contributed by atoms with E-state index in [1.165, 1.54) is 55.3 Å². The van der Waals surface area contributed by atoms with Crippen molar-refractivity contribution >= 4 is 40.4 Å². The minimum absolute atomic E-state index is 0.00900. The maximum absolute atomic E-state index is 14.4. The highest BCUT2D eigenvalue weighted by Gasteiger charge is 2.29. The number of anilines is 1. The van der Waals surface area contributed by atoms with E-state index in [0.29, 0.717) is 21.7 Å². The maximum atomic E-state index is 14.4. The third kappa shape index (κ3) is 5.72. The third-order valence-corrected chi connectivity index (χ3v) is 5.70. The van der Waals surface area contributed by atoms with Crippen molar-refractivity contribution in [3.63, 3.8) is 0 Å². The first-order valence-electron chi connectivity index (χ1n) is 9.90. The van der Waals surface area contributed by atoms with E-state index in [9.17, 15) is 22.4 Å².